The van der Waals surface area contributed by atoms with Crippen LogP contribution in [0.2, 0.25) is 0 Å². The summed E-state index contributed by atoms with van der Waals surface area (Å²) in [6.07, 6.45) is 0. The Morgan fingerprint density at radius 3 is 2.83 bits per heavy atom. The molecule has 0 aliphatic heterocycles. The highest BCUT2D eigenvalue weighted by molar-refractivity contribution is 5.84. The number of methoxy groups -OCH3 is 2. The number of rotatable bonds is 6. The first kappa shape index (κ1) is 12.8. The summed E-state index contributed by atoms with van der Waals surface area (Å²) in [6.45, 7) is 2.26. The van der Waals surface area contributed by atoms with Crippen LogP contribution in [0.4, 0.5) is 0 Å². The normalized spacial score (nSPS) is 10.8. The molecule has 4 heteroatoms. The van der Waals surface area contributed by atoms with E-state index in [9.17, 15) is 0 Å². The molecular formula is C14H18N2O2. The quantitative estimate of drug-likeness (QED) is 0.791. The summed E-state index contributed by atoms with van der Waals surface area (Å²) >= 11 is 0. The molecule has 0 saturated carbocycles. The Kier molecular flexibility index (Phi) is 4.50. The number of aromatic nitrogens is 1. The molecule has 1 heterocycles. The van der Waals surface area contributed by atoms with Crippen molar-refractivity contribution < 1.29 is 9.47 Å². The number of ether oxygens (including phenoxy) is 2. The Labute approximate surface area is 107 Å². The Hall–Kier alpha value is -1.65. The van der Waals surface area contributed by atoms with Crippen molar-refractivity contribution in [3.05, 3.63) is 36.0 Å². The molecule has 0 bridgehead atoms. The number of para-hydroxylation sites is 1. The van der Waals surface area contributed by atoms with Crippen LogP contribution in [0.5, 0.6) is 5.75 Å². The Balaban J connectivity index is 2.15. The molecule has 18 heavy (non-hydrogen) atoms. The van der Waals surface area contributed by atoms with Crippen LogP contribution in [0.3, 0.4) is 0 Å². The fourth-order valence-corrected chi connectivity index (χ4v) is 1.81. The SMILES string of the molecule is COCCNCc1ccc2cccc(OC)c2n1. The zero-order chi connectivity index (χ0) is 12.8. The standard InChI is InChI=1S/C14H18N2O2/c1-17-9-8-15-10-12-7-6-11-4-3-5-13(18-2)14(11)16-12/h3-7,15H,8-10H2,1-2H3. The van der Waals surface area contributed by atoms with E-state index in [4.69, 9.17) is 9.47 Å². The van der Waals surface area contributed by atoms with Crippen molar-refractivity contribution in [1.29, 1.82) is 0 Å². The molecule has 2 rings (SSSR count). The van der Waals surface area contributed by atoms with Crippen LogP contribution in [-0.2, 0) is 11.3 Å². The maximum absolute atomic E-state index is 5.32. The van der Waals surface area contributed by atoms with Gasteiger partial charge in [0, 0.05) is 25.6 Å². The minimum atomic E-state index is 0.705. The van der Waals surface area contributed by atoms with Gasteiger partial charge in [0.15, 0.2) is 0 Å². The fourth-order valence-electron chi connectivity index (χ4n) is 1.81. The van der Waals surface area contributed by atoms with Crippen LogP contribution in [0, 0.1) is 0 Å². The van der Waals surface area contributed by atoms with Gasteiger partial charge in [-0.2, -0.15) is 0 Å². The van der Waals surface area contributed by atoms with Crippen LogP contribution in [0.1, 0.15) is 5.69 Å². The van der Waals surface area contributed by atoms with Gasteiger partial charge in [0.05, 0.1) is 19.4 Å². The van der Waals surface area contributed by atoms with E-state index in [2.05, 4.69) is 16.4 Å². The van der Waals surface area contributed by atoms with Crippen molar-refractivity contribution in [3.8, 4) is 5.75 Å². The van der Waals surface area contributed by atoms with Gasteiger partial charge in [-0.05, 0) is 12.1 Å². The molecule has 0 radical (unpaired) electrons. The highest BCUT2D eigenvalue weighted by Gasteiger charge is 2.03. The van der Waals surface area contributed by atoms with Gasteiger partial charge in [0.25, 0.3) is 0 Å². The summed E-state index contributed by atoms with van der Waals surface area (Å²) in [4.78, 5) is 4.62. The van der Waals surface area contributed by atoms with E-state index in [1.54, 1.807) is 14.2 Å². The van der Waals surface area contributed by atoms with Gasteiger partial charge in [0.2, 0.25) is 0 Å². The smallest absolute Gasteiger partial charge is 0.145 e. The van der Waals surface area contributed by atoms with Crippen LogP contribution in [0.25, 0.3) is 10.9 Å². The lowest BCUT2D eigenvalue weighted by Crippen LogP contribution is -2.19. The average molecular weight is 246 g/mol. The topological polar surface area (TPSA) is 43.4 Å². The molecule has 96 valence electrons. The molecule has 0 amide bonds. The van der Waals surface area contributed by atoms with Crippen molar-refractivity contribution in [1.82, 2.24) is 10.3 Å². The number of fused-ring (bicyclic) bond motifs is 1. The molecule has 2 aromatic rings. The van der Waals surface area contributed by atoms with E-state index in [1.165, 1.54) is 0 Å². The maximum Gasteiger partial charge on any atom is 0.145 e. The van der Waals surface area contributed by atoms with Crippen LogP contribution in [-0.4, -0.2) is 32.4 Å². The number of hydrogen-bond acceptors (Lipinski definition) is 4. The Morgan fingerprint density at radius 2 is 2.06 bits per heavy atom. The lowest BCUT2D eigenvalue weighted by molar-refractivity contribution is 0.199. The van der Waals surface area contributed by atoms with E-state index in [-0.39, 0.29) is 0 Å². The molecule has 4 nitrogen and oxygen atoms in total. The van der Waals surface area contributed by atoms with Gasteiger partial charge in [0.1, 0.15) is 11.3 Å². The summed E-state index contributed by atoms with van der Waals surface area (Å²) in [5, 5.41) is 4.37. The molecule has 0 unspecified atom stereocenters. The minimum absolute atomic E-state index is 0.705. The van der Waals surface area contributed by atoms with Gasteiger partial charge >= 0.3 is 0 Å². The molecule has 1 aromatic carbocycles. The van der Waals surface area contributed by atoms with E-state index >= 15 is 0 Å². The van der Waals surface area contributed by atoms with Gasteiger partial charge < -0.3 is 14.8 Å². The van der Waals surface area contributed by atoms with Gasteiger partial charge in [-0.15, -0.1) is 0 Å². The predicted molar refractivity (Wildman–Crippen MR) is 71.9 cm³/mol. The maximum atomic E-state index is 5.32. The summed E-state index contributed by atoms with van der Waals surface area (Å²) in [5.41, 5.74) is 1.91. The van der Waals surface area contributed by atoms with Gasteiger partial charge in [-0.25, -0.2) is 4.98 Å². The van der Waals surface area contributed by atoms with Gasteiger partial charge in [-0.1, -0.05) is 18.2 Å². The van der Waals surface area contributed by atoms with Crippen molar-refractivity contribution in [2.24, 2.45) is 0 Å². The minimum Gasteiger partial charge on any atom is -0.494 e. The summed E-state index contributed by atoms with van der Waals surface area (Å²) < 4.78 is 10.3. The molecule has 1 aromatic heterocycles. The predicted octanol–water partition coefficient (Wildman–Crippen LogP) is 1.98. The van der Waals surface area contributed by atoms with Crippen molar-refractivity contribution in [3.63, 3.8) is 0 Å². The molecule has 0 aliphatic carbocycles. The second-order valence-corrected chi connectivity index (χ2v) is 4.00. The lowest BCUT2D eigenvalue weighted by Gasteiger charge is -2.07. The second kappa shape index (κ2) is 6.33. The molecule has 0 aliphatic rings. The molecule has 0 atom stereocenters. The van der Waals surface area contributed by atoms with E-state index in [0.29, 0.717) is 6.61 Å². The largest absolute Gasteiger partial charge is 0.494 e. The Bertz CT molecular complexity index is 514. The number of nitrogens with zero attached hydrogens (tertiary/aromatic N) is 1. The monoisotopic (exact) mass is 246 g/mol. The molecule has 0 saturated heterocycles. The van der Waals surface area contributed by atoms with Crippen molar-refractivity contribution >= 4 is 10.9 Å². The highest BCUT2D eigenvalue weighted by atomic mass is 16.5. The van der Waals surface area contributed by atoms with Crippen LogP contribution < -0.4 is 10.1 Å². The summed E-state index contributed by atoms with van der Waals surface area (Å²) in [6, 6.07) is 10.0. The molecule has 0 fully saturated rings. The number of benzene rings is 1. The third-order valence-electron chi connectivity index (χ3n) is 2.75. The average Bonchev–Trinajstić information content (AvgIpc) is 2.43. The third-order valence-corrected chi connectivity index (χ3v) is 2.75. The second-order valence-electron chi connectivity index (χ2n) is 4.00. The zero-order valence-corrected chi connectivity index (χ0v) is 10.8. The van der Waals surface area contributed by atoms with Crippen molar-refractivity contribution in [2.75, 3.05) is 27.4 Å². The number of hydrogen-bond donors (Lipinski definition) is 1. The first-order chi connectivity index (χ1) is 8.85. The van der Waals surface area contributed by atoms with E-state index in [0.717, 1.165) is 35.4 Å². The first-order valence-electron chi connectivity index (χ1n) is 5.97. The van der Waals surface area contributed by atoms with Crippen LogP contribution in [0.15, 0.2) is 30.3 Å². The van der Waals surface area contributed by atoms with Crippen LogP contribution >= 0.6 is 0 Å². The number of pyridine rings is 1. The Morgan fingerprint density at radius 1 is 1.17 bits per heavy atom. The molecular weight excluding hydrogens is 228 g/mol. The lowest BCUT2D eigenvalue weighted by atomic mass is 10.2. The third kappa shape index (κ3) is 2.97. The highest BCUT2D eigenvalue weighted by Crippen LogP contribution is 2.23. The van der Waals surface area contributed by atoms with Gasteiger partial charge in [-0.3, -0.25) is 0 Å². The molecule has 0 spiro atoms. The fraction of sp³-hybridized carbons (Fsp3) is 0.357. The first-order valence-corrected chi connectivity index (χ1v) is 5.97. The van der Waals surface area contributed by atoms with E-state index < -0.39 is 0 Å². The molecule has 1 N–H and O–H groups in total. The summed E-state index contributed by atoms with van der Waals surface area (Å²) in [7, 11) is 3.36. The zero-order valence-electron chi connectivity index (χ0n) is 10.8. The number of nitrogens with one attached hydrogen (secondary N) is 1. The van der Waals surface area contributed by atoms with E-state index in [1.807, 2.05) is 24.3 Å². The van der Waals surface area contributed by atoms with Crippen molar-refractivity contribution in [2.45, 2.75) is 6.54 Å². The summed E-state index contributed by atoms with van der Waals surface area (Å²) in [5.74, 6) is 0.811.